The monoisotopic (exact) mass is 274 g/mol. The second kappa shape index (κ2) is 4.97. The van der Waals surface area contributed by atoms with Crippen molar-refractivity contribution in [2.45, 2.75) is 24.9 Å². The van der Waals surface area contributed by atoms with Gasteiger partial charge in [-0.1, -0.05) is 0 Å². The third-order valence-corrected chi connectivity index (χ3v) is 5.39. The minimum Gasteiger partial charge on any atom is -0.378 e. The summed E-state index contributed by atoms with van der Waals surface area (Å²) in [5, 5.41) is 0. The first kappa shape index (κ1) is 12.5. The van der Waals surface area contributed by atoms with Crippen LogP contribution in [0.2, 0.25) is 0 Å². The van der Waals surface area contributed by atoms with Crippen LogP contribution in [0.3, 0.4) is 0 Å². The summed E-state index contributed by atoms with van der Waals surface area (Å²) in [7, 11) is 2.17. The van der Waals surface area contributed by atoms with Gasteiger partial charge in [-0.25, -0.2) is 4.98 Å². The molecule has 2 saturated heterocycles. The highest BCUT2D eigenvalue weighted by Gasteiger charge is 2.46. The van der Waals surface area contributed by atoms with E-state index < -0.39 is 0 Å². The van der Waals surface area contributed by atoms with Crippen LogP contribution in [0, 0.1) is 11.8 Å². The van der Waals surface area contributed by atoms with Gasteiger partial charge >= 0.3 is 0 Å². The summed E-state index contributed by atoms with van der Waals surface area (Å²) in [5.41, 5.74) is 0. The Kier molecular flexibility index (Phi) is 3.11. The molecule has 20 heavy (non-hydrogen) atoms. The maximum absolute atomic E-state index is 5.34. The second-order valence-electron chi connectivity index (χ2n) is 6.39. The van der Waals surface area contributed by atoms with Crippen LogP contribution in [0.1, 0.15) is 12.8 Å². The molecule has 1 aromatic rings. The summed E-state index contributed by atoms with van der Waals surface area (Å²) in [4.78, 5) is 13.6. The largest absolute Gasteiger partial charge is 0.378 e. The number of rotatable bonds is 3. The number of anilines is 1. The van der Waals surface area contributed by atoms with Crippen molar-refractivity contribution < 1.29 is 4.74 Å². The Balaban J connectivity index is 1.47. The van der Waals surface area contributed by atoms with E-state index >= 15 is 0 Å². The van der Waals surface area contributed by atoms with Crippen LogP contribution in [0.4, 0.5) is 5.82 Å². The van der Waals surface area contributed by atoms with Crippen LogP contribution >= 0.6 is 0 Å². The fraction of sp³-hybridized carbons (Fsp3) is 0.733. The van der Waals surface area contributed by atoms with Gasteiger partial charge in [0.05, 0.1) is 25.5 Å². The van der Waals surface area contributed by atoms with Gasteiger partial charge in [-0.3, -0.25) is 9.88 Å². The smallest absolute Gasteiger partial charge is 0.147 e. The summed E-state index contributed by atoms with van der Waals surface area (Å²) >= 11 is 0. The Morgan fingerprint density at radius 1 is 1.25 bits per heavy atom. The zero-order chi connectivity index (χ0) is 13.5. The quantitative estimate of drug-likeness (QED) is 0.823. The van der Waals surface area contributed by atoms with E-state index in [0.717, 1.165) is 30.9 Å². The molecular weight excluding hydrogens is 252 g/mol. The average Bonchev–Trinajstić information content (AvgIpc) is 2.97. The number of hydrogen-bond donors (Lipinski definition) is 0. The fourth-order valence-corrected chi connectivity index (χ4v) is 4.13. The third-order valence-electron chi connectivity index (χ3n) is 5.39. The van der Waals surface area contributed by atoms with Crippen molar-refractivity contribution in [1.29, 1.82) is 0 Å². The molecule has 0 radical (unpaired) electrons. The lowest BCUT2D eigenvalue weighted by atomic mass is 9.97. The lowest BCUT2D eigenvalue weighted by molar-refractivity contribution is -0.0595. The molecule has 3 aliphatic rings. The molecule has 0 N–H and O–H groups in total. The molecule has 0 bridgehead atoms. The summed E-state index contributed by atoms with van der Waals surface area (Å²) in [6.07, 6.45) is 8.04. The van der Waals surface area contributed by atoms with Gasteiger partial charge in [0, 0.05) is 38.6 Å². The summed E-state index contributed by atoms with van der Waals surface area (Å²) in [6, 6.07) is 1.30. The van der Waals surface area contributed by atoms with Gasteiger partial charge in [0.2, 0.25) is 0 Å². The Hall–Kier alpha value is -1.20. The van der Waals surface area contributed by atoms with E-state index in [4.69, 9.17) is 4.74 Å². The van der Waals surface area contributed by atoms with Gasteiger partial charge in [-0.2, -0.15) is 0 Å². The number of aromatic nitrogens is 2. The Labute approximate surface area is 120 Å². The first-order chi connectivity index (χ1) is 9.83. The molecule has 5 heteroatoms. The van der Waals surface area contributed by atoms with Crippen molar-refractivity contribution in [3.8, 4) is 0 Å². The first-order valence-electron chi connectivity index (χ1n) is 7.63. The van der Waals surface area contributed by atoms with Crippen LogP contribution in [-0.4, -0.2) is 60.3 Å². The molecule has 0 unspecified atom stereocenters. The van der Waals surface area contributed by atoms with Gasteiger partial charge < -0.3 is 9.64 Å². The van der Waals surface area contributed by atoms with E-state index in [1.54, 1.807) is 12.4 Å². The summed E-state index contributed by atoms with van der Waals surface area (Å²) in [6.45, 7) is 4.37. The van der Waals surface area contributed by atoms with Crippen LogP contribution in [0.25, 0.3) is 0 Å². The van der Waals surface area contributed by atoms with E-state index in [-0.39, 0.29) is 0 Å². The fourth-order valence-electron chi connectivity index (χ4n) is 4.13. The molecule has 1 saturated carbocycles. The Morgan fingerprint density at radius 3 is 2.85 bits per heavy atom. The summed E-state index contributed by atoms with van der Waals surface area (Å²) in [5.74, 6) is 2.64. The molecule has 5 nitrogen and oxygen atoms in total. The van der Waals surface area contributed by atoms with E-state index in [2.05, 4.69) is 26.8 Å². The van der Waals surface area contributed by atoms with Gasteiger partial charge in [0.15, 0.2) is 0 Å². The highest BCUT2D eigenvalue weighted by atomic mass is 16.5. The zero-order valence-corrected chi connectivity index (χ0v) is 12.0. The van der Waals surface area contributed by atoms with Crippen molar-refractivity contribution in [2.75, 3.05) is 38.3 Å². The zero-order valence-electron chi connectivity index (χ0n) is 12.0. The number of likely N-dealkylation sites (tertiary alicyclic amines) is 1. The first-order valence-corrected chi connectivity index (χ1v) is 7.63. The lowest BCUT2D eigenvalue weighted by Crippen LogP contribution is -2.49. The van der Waals surface area contributed by atoms with E-state index in [0.29, 0.717) is 12.1 Å². The Morgan fingerprint density at radius 2 is 2.15 bits per heavy atom. The van der Waals surface area contributed by atoms with Crippen LogP contribution in [0.5, 0.6) is 0 Å². The van der Waals surface area contributed by atoms with Crippen LogP contribution in [-0.2, 0) is 4.74 Å². The van der Waals surface area contributed by atoms with Crippen LogP contribution in [0.15, 0.2) is 18.6 Å². The number of ether oxygens (including phenoxy) is 1. The van der Waals surface area contributed by atoms with Crippen molar-refractivity contribution in [3.05, 3.63) is 18.6 Å². The maximum Gasteiger partial charge on any atom is 0.147 e. The Bertz CT molecular complexity index is 464. The minimum absolute atomic E-state index is 0.614. The highest BCUT2D eigenvalue weighted by molar-refractivity contribution is 5.36. The van der Waals surface area contributed by atoms with Crippen LogP contribution < -0.4 is 4.90 Å². The minimum atomic E-state index is 0.614. The molecule has 0 aromatic carbocycles. The van der Waals surface area contributed by atoms with E-state index in [9.17, 15) is 0 Å². The van der Waals surface area contributed by atoms with E-state index in [1.165, 1.54) is 25.9 Å². The number of hydrogen-bond acceptors (Lipinski definition) is 5. The van der Waals surface area contributed by atoms with Crippen molar-refractivity contribution in [1.82, 2.24) is 14.9 Å². The lowest BCUT2D eigenvalue weighted by Gasteiger charge is -2.36. The predicted molar refractivity (Wildman–Crippen MR) is 76.6 cm³/mol. The molecule has 0 spiro atoms. The van der Waals surface area contributed by atoms with Gasteiger partial charge in [-0.05, 0) is 24.7 Å². The van der Waals surface area contributed by atoms with E-state index in [1.807, 2.05) is 6.20 Å². The topological polar surface area (TPSA) is 41.5 Å². The number of fused-ring (bicyclic) bond motifs is 1. The molecule has 2 aliphatic heterocycles. The molecule has 3 fully saturated rings. The number of nitrogens with zero attached hydrogens (tertiary/aromatic N) is 4. The highest BCUT2D eigenvalue weighted by Crippen LogP contribution is 2.42. The molecule has 1 aromatic heterocycles. The SMILES string of the molecule is CN(c1cnccn1)[C@@H]1CC[C@@H]2CN(C3COC3)C[C@@H]21. The van der Waals surface area contributed by atoms with Gasteiger partial charge in [-0.15, -0.1) is 0 Å². The predicted octanol–water partition coefficient (Wildman–Crippen LogP) is 1.02. The third kappa shape index (κ3) is 2.00. The van der Waals surface area contributed by atoms with Gasteiger partial charge in [0.1, 0.15) is 5.82 Å². The normalized spacial score (nSPS) is 34.0. The van der Waals surface area contributed by atoms with Crippen molar-refractivity contribution >= 4 is 5.82 Å². The molecule has 1 aliphatic carbocycles. The second-order valence-corrected chi connectivity index (χ2v) is 6.39. The van der Waals surface area contributed by atoms with Crippen molar-refractivity contribution in [3.63, 3.8) is 0 Å². The molecule has 3 heterocycles. The maximum atomic E-state index is 5.34. The summed E-state index contributed by atoms with van der Waals surface area (Å²) < 4.78 is 5.34. The van der Waals surface area contributed by atoms with Crippen molar-refractivity contribution in [2.24, 2.45) is 11.8 Å². The molecular formula is C15H22N4O. The molecule has 4 rings (SSSR count). The average molecular weight is 274 g/mol. The van der Waals surface area contributed by atoms with Gasteiger partial charge in [0.25, 0.3) is 0 Å². The molecule has 108 valence electrons. The molecule has 0 amide bonds. The standard InChI is InChI=1S/C15H22N4O/c1-18(15-6-16-4-5-17-15)14-3-2-11-7-19(8-13(11)14)12-9-20-10-12/h4-6,11-14H,2-3,7-10H2,1H3/t11-,13+,14-/m1/s1. The molecule has 3 atom stereocenters.